The first-order valence-electron chi connectivity index (χ1n) is 6.39. The monoisotopic (exact) mass is 247 g/mol. The summed E-state index contributed by atoms with van der Waals surface area (Å²) < 4.78 is 3.82. The smallest absolute Gasteiger partial charge is 0.139 e. The Morgan fingerprint density at radius 1 is 1.39 bits per heavy atom. The minimum Gasteiger partial charge on any atom is -0.380 e. The van der Waals surface area contributed by atoms with Crippen molar-refractivity contribution < 1.29 is 5.11 Å². The highest BCUT2D eigenvalue weighted by molar-refractivity contribution is 5.17. The Hall–Kier alpha value is -1.69. The summed E-state index contributed by atoms with van der Waals surface area (Å²) in [5.41, 5.74) is 1.57. The van der Waals surface area contributed by atoms with Crippen LogP contribution in [0.3, 0.4) is 0 Å². The van der Waals surface area contributed by atoms with Gasteiger partial charge in [-0.15, -0.1) is 5.10 Å². The van der Waals surface area contributed by atoms with Gasteiger partial charge >= 0.3 is 0 Å². The molecule has 2 aromatic rings. The largest absolute Gasteiger partial charge is 0.380 e. The second-order valence-corrected chi connectivity index (χ2v) is 4.74. The number of aromatic nitrogens is 5. The molecule has 0 radical (unpaired) electrons. The molecule has 0 saturated heterocycles. The molecule has 1 aliphatic carbocycles. The van der Waals surface area contributed by atoms with Crippen molar-refractivity contribution in [2.45, 2.75) is 44.9 Å². The molecule has 18 heavy (non-hydrogen) atoms. The molecule has 1 atom stereocenters. The van der Waals surface area contributed by atoms with Crippen LogP contribution in [0.15, 0.2) is 18.7 Å². The van der Waals surface area contributed by atoms with Crippen LogP contribution in [0.4, 0.5) is 0 Å². The van der Waals surface area contributed by atoms with E-state index in [1.54, 1.807) is 23.4 Å². The van der Waals surface area contributed by atoms with E-state index in [1.807, 2.05) is 0 Å². The molecule has 1 aliphatic rings. The average molecular weight is 247 g/mol. The first-order valence-corrected chi connectivity index (χ1v) is 6.39. The minimum absolute atomic E-state index is 0.507. The van der Waals surface area contributed by atoms with E-state index in [-0.39, 0.29) is 0 Å². The fourth-order valence-corrected chi connectivity index (χ4v) is 2.20. The summed E-state index contributed by atoms with van der Waals surface area (Å²) in [6.45, 7) is 2.84. The SMILES string of the molecule is CCCn1nncc1C(O)c1cncn1C1CC1. The summed E-state index contributed by atoms with van der Waals surface area (Å²) in [6.07, 6.45) is 7.76. The number of hydrogen-bond acceptors (Lipinski definition) is 4. The Kier molecular flexibility index (Phi) is 2.87. The van der Waals surface area contributed by atoms with E-state index < -0.39 is 6.10 Å². The molecule has 1 N–H and O–H groups in total. The van der Waals surface area contributed by atoms with Gasteiger partial charge in [-0.3, -0.25) is 0 Å². The molecule has 2 aromatic heterocycles. The predicted octanol–water partition coefficient (Wildman–Crippen LogP) is 1.30. The van der Waals surface area contributed by atoms with Crippen molar-refractivity contribution >= 4 is 0 Å². The Morgan fingerprint density at radius 3 is 2.94 bits per heavy atom. The quantitative estimate of drug-likeness (QED) is 0.864. The van der Waals surface area contributed by atoms with Crippen LogP contribution in [0.25, 0.3) is 0 Å². The highest BCUT2D eigenvalue weighted by atomic mass is 16.3. The van der Waals surface area contributed by atoms with Crippen molar-refractivity contribution in [2.75, 3.05) is 0 Å². The maximum absolute atomic E-state index is 10.5. The normalized spacial score (nSPS) is 17.0. The van der Waals surface area contributed by atoms with Gasteiger partial charge in [-0.1, -0.05) is 12.1 Å². The molecule has 1 fully saturated rings. The number of rotatable bonds is 5. The zero-order valence-electron chi connectivity index (χ0n) is 10.4. The van der Waals surface area contributed by atoms with Gasteiger partial charge in [-0.05, 0) is 19.3 Å². The van der Waals surface area contributed by atoms with E-state index in [9.17, 15) is 5.11 Å². The summed E-state index contributed by atoms with van der Waals surface area (Å²) in [5, 5.41) is 18.4. The lowest BCUT2D eigenvalue weighted by Gasteiger charge is -2.14. The molecule has 96 valence electrons. The Labute approximate surface area is 105 Å². The van der Waals surface area contributed by atoms with E-state index >= 15 is 0 Å². The predicted molar refractivity (Wildman–Crippen MR) is 64.9 cm³/mol. The molecule has 0 aromatic carbocycles. The molecule has 0 spiro atoms. The van der Waals surface area contributed by atoms with Gasteiger partial charge in [0, 0.05) is 12.6 Å². The topological polar surface area (TPSA) is 68.8 Å². The van der Waals surface area contributed by atoms with Gasteiger partial charge in [0.15, 0.2) is 0 Å². The van der Waals surface area contributed by atoms with E-state index in [1.165, 1.54) is 12.8 Å². The van der Waals surface area contributed by atoms with Crippen LogP contribution in [0.1, 0.15) is 49.7 Å². The highest BCUT2D eigenvalue weighted by Gasteiger charge is 2.29. The Morgan fingerprint density at radius 2 is 2.22 bits per heavy atom. The summed E-state index contributed by atoms with van der Waals surface area (Å²) in [4.78, 5) is 4.14. The van der Waals surface area contributed by atoms with Gasteiger partial charge < -0.3 is 9.67 Å². The second-order valence-electron chi connectivity index (χ2n) is 4.74. The fourth-order valence-electron chi connectivity index (χ4n) is 2.20. The highest BCUT2D eigenvalue weighted by Crippen LogP contribution is 2.37. The summed E-state index contributed by atoms with van der Waals surface area (Å²) in [6, 6.07) is 0.507. The van der Waals surface area contributed by atoms with E-state index in [4.69, 9.17) is 0 Å². The van der Waals surface area contributed by atoms with Gasteiger partial charge in [0.05, 0.1) is 30.1 Å². The lowest BCUT2D eigenvalue weighted by atomic mass is 10.2. The van der Waals surface area contributed by atoms with Crippen LogP contribution in [0, 0.1) is 0 Å². The maximum Gasteiger partial charge on any atom is 0.139 e. The molecule has 6 heteroatoms. The Bertz CT molecular complexity index is 528. The molecule has 3 rings (SSSR count). The van der Waals surface area contributed by atoms with Crippen LogP contribution in [-0.4, -0.2) is 29.7 Å². The van der Waals surface area contributed by atoms with Gasteiger partial charge in [0.1, 0.15) is 6.10 Å². The number of aliphatic hydroxyl groups excluding tert-OH is 1. The number of hydrogen-bond donors (Lipinski definition) is 1. The molecule has 1 saturated carbocycles. The summed E-state index contributed by atoms with van der Waals surface area (Å²) >= 11 is 0. The van der Waals surface area contributed by atoms with E-state index in [0.717, 1.165) is 24.4 Å². The molecular formula is C12H17N5O. The van der Waals surface area contributed by atoms with Crippen molar-refractivity contribution in [1.29, 1.82) is 0 Å². The van der Waals surface area contributed by atoms with Crippen LogP contribution in [0.2, 0.25) is 0 Å². The van der Waals surface area contributed by atoms with Gasteiger partial charge in [-0.2, -0.15) is 0 Å². The van der Waals surface area contributed by atoms with Gasteiger partial charge in [-0.25, -0.2) is 9.67 Å². The molecule has 0 bridgehead atoms. The van der Waals surface area contributed by atoms with Crippen LogP contribution in [0.5, 0.6) is 0 Å². The molecule has 0 aliphatic heterocycles. The maximum atomic E-state index is 10.5. The molecule has 6 nitrogen and oxygen atoms in total. The number of nitrogens with zero attached hydrogens (tertiary/aromatic N) is 5. The zero-order chi connectivity index (χ0) is 12.5. The van der Waals surface area contributed by atoms with E-state index in [2.05, 4.69) is 26.8 Å². The summed E-state index contributed by atoms with van der Waals surface area (Å²) in [7, 11) is 0. The van der Waals surface area contributed by atoms with Crippen LogP contribution >= 0.6 is 0 Å². The minimum atomic E-state index is -0.699. The number of aliphatic hydroxyl groups is 1. The third kappa shape index (κ3) is 1.92. The van der Waals surface area contributed by atoms with Crippen molar-refractivity contribution in [1.82, 2.24) is 24.5 Å². The van der Waals surface area contributed by atoms with Crippen LogP contribution in [-0.2, 0) is 6.54 Å². The van der Waals surface area contributed by atoms with Gasteiger partial charge in [0.2, 0.25) is 0 Å². The lowest BCUT2D eigenvalue weighted by molar-refractivity contribution is 0.197. The van der Waals surface area contributed by atoms with Crippen molar-refractivity contribution in [3.63, 3.8) is 0 Å². The van der Waals surface area contributed by atoms with E-state index in [0.29, 0.717) is 6.04 Å². The molecule has 1 unspecified atom stereocenters. The third-order valence-electron chi connectivity index (χ3n) is 3.28. The zero-order valence-corrected chi connectivity index (χ0v) is 10.4. The first kappa shape index (κ1) is 11.4. The van der Waals surface area contributed by atoms with Crippen molar-refractivity contribution in [2.24, 2.45) is 0 Å². The standard InChI is InChI=1S/C12H17N5O/c1-2-5-17-11(7-14-15-17)12(18)10-6-13-8-16(10)9-3-4-9/h6-9,12,18H,2-5H2,1H3. The summed E-state index contributed by atoms with van der Waals surface area (Å²) in [5.74, 6) is 0. The third-order valence-corrected chi connectivity index (χ3v) is 3.28. The molecule has 2 heterocycles. The Balaban J connectivity index is 1.90. The lowest BCUT2D eigenvalue weighted by Crippen LogP contribution is -2.13. The molecule has 0 amide bonds. The number of aryl methyl sites for hydroxylation is 1. The van der Waals surface area contributed by atoms with Crippen molar-refractivity contribution in [3.8, 4) is 0 Å². The van der Waals surface area contributed by atoms with Crippen molar-refractivity contribution in [3.05, 3.63) is 30.1 Å². The molecular weight excluding hydrogens is 230 g/mol. The fraction of sp³-hybridized carbons (Fsp3) is 0.583. The van der Waals surface area contributed by atoms with Crippen LogP contribution < -0.4 is 0 Å². The average Bonchev–Trinajstić information content (AvgIpc) is 2.92. The van der Waals surface area contributed by atoms with Gasteiger partial charge in [0.25, 0.3) is 0 Å². The number of imidazole rings is 1. The second kappa shape index (κ2) is 4.53. The first-order chi connectivity index (χ1) is 8.81.